The summed E-state index contributed by atoms with van der Waals surface area (Å²) in [6, 6.07) is 0. The molecule has 1 fully saturated rings. The summed E-state index contributed by atoms with van der Waals surface area (Å²) in [5.74, 6) is 0.412. The van der Waals surface area contributed by atoms with E-state index < -0.39 is 0 Å². The molecule has 1 aliphatic rings. The number of cyclic esters (lactones) is 1. The molecule has 1 unspecified atom stereocenters. The van der Waals surface area contributed by atoms with Crippen molar-refractivity contribution in [1.29, 1.82) is 0 Å². The van der Waals surface area contributed by atoms with Crippen molar-refractivity contribution in [3.8, 4) is 0 Å². The smallest absolute Gasteiger partial charge is 0.306 e. The van der Waals surface area contributed by atoms with Crippen LogP contribution in [0.15, 0.2) is 12.2 Å². The van der Waals surface area contributed by atoms with Gasteiger partial charge < -0.3 is 4.74 Å². The topological polar surface area (TPSA) is 26.3 Å². The molecule has 1 atom stereocenters. The zero-order chi connectivity index (χ0) is 16.8. The molecule has 1 heterocycles. The highest BCUT2D eigenvalue weighted by molar-refractivity contribution is 6.19. The van der Waals surface area contributed by atoms with E-state index >= 15 is 0 Å². The first-order chi connectivity index (χ1) is 11.2. The highest BCUT2D eigenvalue weighted by Crippen LogP contribution is 2.19. The second-order valence-corrected chi connectivity index (χ2v) is 7.25. The molecule has 3 heteroatoms. The maximum Gasteiger partial charge on any atom is 0.306 e. The van der Waals surface area contributed by atoms with E-state index in [1.165, 1.54) is 57.8 Å². The van der Waals surface area contributed by atoms with Gasteiger partial charge >= 0.3 is 5.97 Å². The van der Waals surface area contributed by atoms with Crippen LogP contribution in [0.25, 0.3) is 0 Å². The molecule has 0 radical (unpaired) electrons. The van der Waals surface area contributed by atoms with E-state index in [1.54, 1.807) is 0 Å². The molecule has 1 aliphatic heterocycles. The van der Waals surface area contributed by atoms with Gasteiger partial charge in [-0.15, -0.1) is 11.6 Å². The third kappa shape index (κ3) is 11.6. The summed E-state index contributed by atoms with van der Waals surface area (Å²) in [4.78, 5) is 12.0. The lowest BCUT2D eigenvalue weighted by molar-refractivity contribution is -0.149. The van der Waals surface area contributed by atoms with Gasteiger partial charge in [-0.2, -0.15) is 0 Å². The van der Waals surface area contributed by atoms with Crippen LogP contribution in [0, 0.1) is 0 Å². The lowest BCUT2D eigenvalue weighted by Gasteiger charge is -2.18. The molecule has 1 saturated heterocycles. The fraction of sp³-hybridized carbons (Fsp3) is 0.850. The van der Waals surface area contributed by atoms with Gasteiger partial charge in [-0.25, -0.2) is 0 Å². The Balaban J connectivity index is 2.41. The number of rotatable bonds is 3. The lowest BCUT2D eigenvalue weighted by atomic mass is 10.0. The van der Waals surface area contributed by atoms with Crippen molar-refractivity contribution < 1.29 is 9.53 Å². The predicted octanol–water partition coefficient (Wildman–Crippen LogP) is 6.56. The summed E-state index contributed by atoms with van der Waals surface area (Å²) in [6.45, 7) is 3.96. The molecule has 0 aromatic carbocycles. The van der Waals surface area contributed by atoms with Crippen molar-refractivity contribution in [2.24, 2.45) is 0 Å². The maximum absolute atomic E-state index is 12.0. The first-order valence-corrected chi connectivity index (χ1v) is 10.2. The van der Waals surface area contributed by atoms with Crippen molar-refractivity contribution in [3.63, 3.8) is 0 Å². The van der Waals surface area contributed by atoms with Crippen LogP contribution < -0.4 is 0 Å². The first kappa shape index (κ1) is 20.5. The van der Waals surface area contributed by atoms with Gasteiger partial charge in [0.1, 0.15) is 6.10 Å². The molecular weight excluding hydrogens is 308 g/mol. The normalized spacial score (nSPS) is 23.7. The molecule has 0 saturated carbocycles. The van der Waals surface area contributed by atoms with Gasteiger partial charge in [-0.3, -0.25) is 4.79 Å². The number of alkyl halides is 1. The molecule has 0 bridgehead atoms. The van der Waals surface area contributed by atoms with E-state index in [1.807, 2.05) is 0 Å². The Morgan fingerprint density at radius 3 is 1.91 bits per heavy atom. The van der Waals surface area contributed by atoms with E-state index in [-0.39, 0.29) is 12.1 Å². The van der Waals surface area contributed by atoms with Crippen LogP contribution in [0.1, 0.15) is 96.3 Å². The van der Waals surface area contributed by atoms with Crippen LogP contribution in [0.4, 0.5) is 0 Å². The Hall–Kier alpha value is -0.500. The molecule has 0 amide bonds. The molecule has 0 N–H and O–H groups in total. The summed E-state index contributed by atoms with van der Waals surface area (Å²) in [5.41, 5.74) is 0.968. The minimum atomic E-state index is -0.0401. The van der Waals surface area contributed by atoms with E-state index in [0.29, 0.717) is 12.3 Å². The summed E-state index contributed by atoms with van der Waals surface area (Å²) >= 11 is 5.84. The Labute approximate surface area is 148 Å². The quantitative estimate of drug-likeness (QED) is 0.330. The SMILES string of the molecule is C=C(CCl)CC1CCCCCCCCCCCCCCC(=O)O1. The van der Waals surface area contributed by atoms with Crippen LogP contribution in [0.5, 0.6) is 0 Å². The second kappa shape index (κ2) is 13.9. The monoisotopic (exact) mass is 342 g/mol. The maximum atomic E-state index is 12.0. The minimum absolute atomic E-state index is 0.0237. The Morgan fingerprint density at radius 1 is 0.913 bits per heavy atom. The fourth-order valence-electron chi connectivity index (χ4n) is 3.23. The third-order valence-corrected chi connectivity index (χ3v) is 5.04. The fourth-order valence-corrected chi connectivity index (χ4v) is 3.34. The standard InChI is InChI=1S/C20H35ClO2/c1-18(17-21)16-19-14-12-10-8-6-4-2-3-5-7-9-11-13-15-20(22)23-19/h19H,1-17H2. The number of ether oxygens (including phenoxy) is 1. The number of esters is 1. The Bertz CT molecular complexity index is 328. The van der Waals surface area contributed by atoms with Gasteiger partial charge in [0.15, 0.2) is 0 Å². The molecule has 23 heavy (non-hydrogen) atoms. The number of hydrogen-bond acceptors (Lipinski definition) is 2. The summed E-state index contributed by atoms with van der Waals surface area (Å²) in [5, 5.41) is 0. The van der Waals surface area contributed by atoms with Gasteiger partial charge in [-0.05, 0) is 19.3 Å². The summed E-state index contributed by atoms with van der Waals surface area (Å²) in [7, 11) is 0. The van der Waals surface area contributed by atoms with Crippen LogP contribution in [-0.4, -0.2) is 18.0 Å². The molecule has 134 valence electrons. The van der Waals surface area contributed by atoms with Crippen molar-refractivity contribution in [2.45, 2.75) is 102 Å². The van der Waals surface area contributed by atoms with E-state index in [9.17, 15) is 4.79 Å². The van der Waals surface area contributed by atoms with Crippen LogP contribution >= 0.6 is 11.6 Å². The lowest BCUT2D eigenvalue weighted by Crippen LogP contribution is -2.19. The molecule has 0 aromatic heterocycles. The van der Waals surface area contributed by atoms with Crippen LogP contribution in [0.3, 0.4) is 0 Å². The van der Waals surface area contributed by atoms with Gasteiger partial charge in [0.05, 0.1) is 0 Å². The van der Waals surface area contributed by atoms with Crippen molar-refractivity contribution in [3.05, 3.63) is 12.2 Å². The zero-order valence-electron chi connectivity index (χ0n) is 14.8. The van der Waals surface area contributed by atoms with Gasteiger partial charge in [0, 0.05) is 18.7 Å². The summed E-state index contributed by atoms with van der Waals surface area (Å²) in [6.07, 6.45) is 17.4. The molecule has 2 nitrogen and oxygen atoms in total. The van der Waals surface area contributed by atoms with Crippen LogP contribution in [-0.2, 0) is 9.53 Å². The van der Waals surface area contributed by atoms with Crippen LogP contribution in [0.2, 0.25) is 0 Å². The molecule has 0 spiro atoms. The average Bonchev–Trinajstić information content (AvgIpc) is 2.54. The number of carbonyl (C=O) groups is 1. The average molecular weight is 343 g/mol. The minimum Gasteiger partial charge on any atom is -0.462 e. The number of carbonyl (C=O) groups excluding carboxylic acids is 1. The molecule has 0 aromatic rings. The second-order valence-electron chi connectivity index (χ2n) is 6.98. The number of halogens is 1. The predicted molar refractivity (Wildman–Crippen MR) is 99.0 cm³/mol. The molecular formula is C20H35ClO2. The van der Waals surface area contributed by atoms with Gasteiger partial charge in [0.25, 0.3) is 0 Å². The Morgan fingerprint density at radius 2 is 1.39 bits per heavy atom. The number of hydrogen-bond donors (Lipinski definition) is 0. The van der Waals surface area contributed by atoms with E-state index in [2.05, 4.69) is 6.58 Å². The Kier molecular flexibility index (Phi) is 12.4. The summed E-state index contributed by atoms with van der Waals surface area (Å²) < 4.78 is 5.69. The first-order valence-electron chi connectivity index (χ1n) is 9.64. The van der Waals surface area contributed by atoms with Gasteiger partial charge in [-0.1, -0.05) is 76.4 Å². The highest BCUT2D eigenvalue weighted by atomic mass is 35.5. The van der Waals surface area contributed by atoms with Crippen molar-refractivity contribution in [2.75, 3.05) is 5.88 Å². The zero-order valence-corrected chi connectivity index (χ0v) is 15.5. The van der Waals surface area contributed by atoms with E-state index in [4.69, 9.17) is 16.3 Å². The largest absolute Gasteiger partial charge is 0.462 e. The third-order valence-electron chi connectivity index (χ3n) is 4.66. The van der Waals surface area contributed by atoms with Gasteiger partial charge in [0.2, 0.25) is 0 Å². The van der Waals surface area contributed by atoms with E-state index in [0.717, 1.165) is 37.7 Å². The molecule has 0 aliphatic carbocycles. The highest BCUT2D eigenvalue weighted by Gasteiger charge is 2.15. The van der Waals surface area contributed by atoms with Crippen molar-refractivity contribution >= 4 is 17.6 Å². The molecule has 1 rings (SSSR count). The van der Waals surface area contributed by atoms with Crippen molar-refractivity contribution in [1.82, 2.24) is 0 Å².